The first-order valence-corrected chi connectivity index (χ1v) is 10.3. The third-order valence-electron chi connectivity index (χ3n) is 5.22. The van der Waals surface area contributed by atoms with E-state index in [0.29, 0.717) is 29.6 Å². The number of carbonyl (C=O) groups excluding carboxylic acids is 1. The third kappa shape index (κ3) is 5.25. The average Bonchev–Trinajstić information content (AvgIpc) is 3.31. The van der Waals surface area contributed by atoms with Crippen molar-refractivity contribution < 1.29 is 18.7 Å². The van der Waals surface area contributed by atoms with E-state index in [-0.39, 0.29) is 22.6 Å². The van der Waals surface area contributed by atoms with Gasteiger partial charge >= 0.3 is 0 Å². The van der Waals surface area contributed by atoms with Crippen molar-refractivity contribution in [3.63, 3.8) is 0 Å². The molecule has 0 atom stereocenters. The third-order valence-corrected chi connectivity index (χ3v) is 5.22. The number of likely N-dealkylation sites (tertiary alicyclic amines) is 1. The highest BCUT2D eigenvalue weighted by Crippen LogP contribution is 2.20. The summed E-state index contributed by atoms with van der Waals surface area (Å²) in [7, 11) is 1.41. The fraction of sp³-hybridized carbons (Fsp3) is 0.364. The van der Waals surface area contributed by atoms with E-state index in [1.54, 1.807) is 12.3 Å². The maximum Gasteiger partial charge on any atom is 0.269 e. The Labute approximate surface area is 183 Å². The average molecular weight is 445 g/mol. The second kappa shape index (κ2) is 10.3. The summed E-state index contributed by atoms with van der Waals surface area (Å²) in [5, 5.41) is 11.0. The molecule has 10 heteroatoms. The monoisotopic (exact) mass is 445 g/mol. The molecular weight excluding hydrogens is 420 g/mol. The van der Waals surface area contributed by atoms with Crippen molar-refractivity contribution in [2.75, 3.05) is 20.1 Å². The minimum atomic E-state index is -1.05. The number of aromatic nitrogens is 3. The van der Waals surface area contributed by atoms with Gasteiger partial charge in [0, 0.05) is 30.9 Å². The van der Waals surface area contributed by atoms with Crippen LogP contribution < -0.4 is 10.9 Å². The number of halogens is 2. The highest BCUT2D eigenvalue weighted by molar-refractivity contribution is 5.92. The summed E-state index contributed by atoms with van der Waals surface area (Å²) in [6.45, 7) is 4.46. The molecule has 3 aromatic heterocycles. The summed E-state index contributed by atoms with van der Waals surface area (Å²) in [5.74, 6) is -2.45. The van der Waals surface area contributed by atoms with Gasteiger partial charge in [0.1, 0.15) is 11.2 Å². The van der Waals surface area contributed by atoms with E-state index in [1.165, 1.54) is 26.0 Å². The molecule has 0 spiro atoms. The zero-order valence-electron chi connectivity index (χ0n) is 17.9. The molecule has 1 saturated heterocycles. The van der Waals surface area contributed by atoms with E-state index in [0.717, 1.165) is 19.2 Å². The van der Waals surface area contributed by atoms with Crippen molar-refractivity contribution in [2.45, 2.75) is 32.7 Å². The number of rotatable bonds is 4. The minimum absolute atomic E-state index is 0.0622. The Balaban J connectivity index is 0.000000207. The normalized spacial score (nSPS) is 13.6. The molecule has 4 rings (SSSR count). The predicted molar refractivity (Wildman–Crippen MR) is 115 cm³/mol. The van der Waals surface area contributed by atoms with Crippen LogP contribution in [0.15, 0.2) is 29.2 Å². The summed E-state index contributed by atoms with van der Waals surface area (Å²) in [6, 6.07) is 3.99. The second-order valence-electron chi connectivity index (χ2n) is 7.40. The largest absolute Gasteiger partial charge is 0.504 e. The maximum absolute atomic E-state index is 14.5. The van der Waals surface area contributed by atoms with Crippen LogP contribution in [0.25, 0.3) is 11.0 Å². The Morgan fingerprint density at radius 1 is 1.25 bits per heavy atom. The first-order chi connectivity index (χ1) is 15.3. The van der Waals surface area contributed by atoms with E-state index in [2.05, 4.69) is 25.2 Å². The molecule has 3 aromatic rings. The van der Waals surface area contributed by atoms with Crippen molar-refractivity contribution in [3.8, 4) is 5.75 Å². The number of nitrogens with one attached hydrogen (secondary N) is 2. The van der Waals surface area contributed by atoms with Crippen molar-refractivity contribution in [2.24, 2.45) is 0 Å². The molecule has 0 aromatic carbocycles. The minimum Gasteiger partial charge on any atom is -0.504 e. The lowest BCUT2D eigenvalue weighted by Gasteiger charge is -2.15. The summed E-state index contributed by atoms with van der Waals surface area (Å²) in [6.07, 6.45) is 4.54. The van der Waals surface area contributed by atoms with E-state index >= 15 is 0 Å². The van der Waals surface area contributed by atoms with Gasteiger partial charge in [-0.3, -0.25) is 19.5 Å². The number of H-pyrrole nitrogens is 1. The van der Waals surface area contributed by atoms with Crippen LogP contribution in [0.5, 0.6) is 5.75 Å². The standard InChI is InChI=1S/C15H18FN3O.C7H7FN2O2/c1-2-10-7-12-14(18-15(10)20)13(16)11(8-17-12)9-19-5-3-4-6-19;1-9-7(12)4-2-3-5(11)6(8)10-4/h7-8H,2-6,9H2,1H3,(H,18,20);2-3,11H,1H3,(H,9,12). The predicted octanol–water partition coefficient (Wildman–Crippen LogP) is 2.51. The van der Waals surface area contributed by atoms with Gasteiger partial charge in [-0.25, -0.2) is 9.37 Å². The van der Waals surface area contributed by atoms with Crippen LogP contribution >= 0.6 is 0 Å². The molecule has 4 heterocycles. The SMILES string of the molecule is CCc1cc2ncc(CN3CCCC3)c(F)c2[nH]c1=O.CNC(=O)c1ccc(O)c(F)n1. The van der Waals surface area contributed by atoms with Crippen molar-refractivity contribution >= 4 is 16.9 Å². The number of nitrogens with zero attached hydrogens (tertiary/aromatic N) is 3. The smallest absolute Gasteiger partial charge is 0.269 e. The lowest BCUT2D eigenvalue weighted by Crippen LogP contribution is -2.20. The van der Waals surface area contributed by atoms with Gasteiger partial charge in [0.2, 0.25) is 0 Å². The van der Waals surface area contributed by atoms with Crippen molar-refractivity contribution in [1.82, 2.24) is 25.2 Å². The molecule has 32 heavy (non-hydrogen) atoms. The maximum atomic E-state index is 14.5. The van der Waals surface area contributed by atoms with Gasteiger partial charge in [-0.1, -0.05) is 6.92 Å². The number of pyridine rings is 3. The molecule has 1 aliphatic rings. The first-order valence-electron chi connectivity index (χ1n) is 10.3. The van der Waals surface area contributed by atoms with Crippen molar-refractivity contribution in [1.29, 1.82) is 0 Å². The van der Waals surface area contributed by atoms with Gasteiger partial charge in [-0.05, 0) is 50.6 Å². The Hall–Kier alpha value is -3.40. The highest BCUT2D eigenvalue weighted by Gasteiger charge is 2.17. The van der Waals surface area contributed by atoms with Gasteiger partial charge < -0.3 is 15.4 Å². The van der Waals surface area contributed by atoms with Gasteiger partial charge in [-0.2, -0.15) is 4.39 Å². The fourth-order valence-electron chi connectivity index (χ4n) is 3.43. The summed E-state index contributed by atoms with van der Waals surface area (Å²) in [4.78, 5) is 35.0. The van der Waals surface area contributed by atoms with E-state index in [9.17, 15) is 18.4 Å². The van der Waals surface area contributed by atoms with Gasteiger partial charge in [0.15, 0.2) is 11.6 Å². The van der Waals surface area contributed by atoms with E-state index in [4.69, 9.17) is 5.11 Å². The molecule has 0 saturated carbocycles. The van der Waals surface area contributed by atoms with Crippen LogP contribution in [0.2, 0.25) is 0 Å². The van der Waals surface area contributed by atoms with Crippen molar-refractivity contribution in [3.05, 3.63) is 63.3 Å². The zero-order valence-corrected chi connectivity index (χ0v) is 17.9. The Bertz CT molecular complexity index is 1180. The summed E-state index contributed by atoms with van der Waals surface area (Å²) >= 11 is 0. The molecule has 3 N–H and O–H groups in total. The Kier molecular flexibility index (Phi) is 7.47. The molecule has 0 radical (unpaired) electrons. The number of hydrogen-bond donors (Lipinski definition) is 3. The van der Waals surface area contributed by atoms with E-state index < -0.39 is 17.6 Å². The second-order valence-corrected chi connectivity index (χ2v) is 7.40. The molecule has 1 fully saturated rings. The van der Waals surface area contributed by atoms with Gasteiger partial charge in [0.25, 0.3) is 17.4 Å². The van der Waals surface area contributed by atoms with E-state index in [1.807, 2.05) is 6.92 Å². The van der Waals surface area contributed by atoms with Crippen LogP contribution in [0, 0.1) is 11.8 Å². The van der Waals surface area contributed by atoms with Crippen LogP contribution in [0.1, 0.15) is 41.4 Å². The lowest BCUT2D eigenvalue weighted by molar-refractivity contribution is 0.0957. The Morgan fingerprint density at radius 2 is 1.97 bits per heavy atom. The number of amides is 1. The number of aromatic amines is 1. The number of fused-ring (bicyclic) bond motifs is 1. The quantitative estimate of drug-likeness (QED) is 0.532. The lowest BCUT2D eigenvalue weighted by atomic mass is 10.1. The topological polar surface area (TPSA) is 111 Å². The van der Waals surface area contributed by atoms with Gasteiger partial charge in [0.05, 0.1) is 5.52 Å². The number of carbonyl (C=O) groups is 1. The molecule has 1 amide bonds. The molecule has 0 aliphatic carbocycles. The molecule has 8 nitrogen and oxygen atoms in total. The summed E-state index contributed by atoms with van der Waals surface area (Å²) < 4.78 is 27.0. The molecule has 0 unspecified atom stereocenters. The van der Waals surface area contributed by atoms with Crippen LogP contribution in [0.3, 0.4) is 0 Å². The Morgan fingerprint density at radius 3 is 2.59 bits per heavy atom. The van der Waals surface area contributed by atoms with Crippen LogP contribution in [-0.4, -0.2) is 51.0 Å². The number of hydrogen-bond acceptors (Lipinski definition) is 6. The first kappa shape index (κ1) is 23.3. The number of aryl methyl sites for hydroxylation is 1. The molecule has 0 bridgehead atoms. The fourth-order valence-corrected chi connectivity index (χ4v) is 3.43. The van der Waals surface area contributed by atoms with Crippen LogP contribution in [-0.2, 0) is 13.0 Å². The highest BCUT2D eigenvalue weighted by atomic mass is 19.1. The molecule has 170 valence electrons. The molecule has 1 aliphatic heterocycles. The summed E-state index contributed by atoms with van der Waals surface area (Å²) in [5.41, 5.74) is 1.65. The molecular formula is C22H25F2N5O3. The zero-order chi connectivity index (χ0) is 23.3. The van der Waals surface area contributed by atoms with Crippen LogP contribution in [0.4, 0.5) is 8.78 Å². The number of aromatic hydroxyl groups is 1. The van der Waals surface area contributed by atoms with Gasteiger partial charge in [-0.15, -0.1) is 0 Å².